The Kier molecular flexibility index (Phi) is 4.14. The van der Waals surface area contributed by atoms with Crippen molar-refractivity contribution in [1.29, 1.82) is 0 Å². The van der Waals surface area contributed by atoms with Crippen LogP contribution in [0.1, 0.15) is 48.4 Å². The number of carbonyl (C=O) groups excluding carboxylic acids is 1. The molecule has 23 heavy (non-hydrogen) atoms. The van der Waals surface area contributed by atoms with Crippen LogP contribution in [0.15, 0.2) is 34.9 Å². The highest BCUT2D eigenvalue weighted by atomic mass is 16.5. The van der Waals surface area contributed by atoms with Crippen LogP contribution in [0, 0.1) is 12.8 Å². The number of hydrogen-bond acceptors (Lipinski definition) is 4. The first-order chi connectivity index (χ1) is 11.0. The topological polar surface area (TPSA) is 83.8 Å². The highest BCUT2D eigenvalue weighted by molar-refractivity contribution is 5.92. The van der Waals surface area contributed by atoms with Gasteiger partial charge in [0.15, 0.2) is 5.69 Å². The lowest BCUT2D eigenvalue weighted by Crippen LogP contribution is -2.30. The third kappa shape index (κ3) is 3.41. The van der Waals surface area contributed by atoms with Crippen molar-refractivity contribution in [3.05, 3.63) is 47.6 Å². The van der Waals surface area contributed by atoms with E-state index in [1.807, 2.05) is 24.3 Å². The van der Waals surface area contributed by atoms with E-state index in [1.165, 1.54) is 0 Å². The molecule has 1 atom stereocenters. The molecule has 2 N–H and O–H groups in total. The van der Waals surface area contributed by atoms with E-state index in [2.05, 4.69) is 34.3 Å². The smallest absolute Gasteiger partial charge is 0.274 e. The van der Waals surface area contributed by atoms with Crippen LogP contribution in [0.5, 0.6) is 0 Å². The summed E-state index contributed by atoms with van der Waals surface area (Å²) < 4.78 is 4.97. The third-order valence-corrected chi connectivity index (χ3v) is 3.61. The second-order valence-corrected chi connectivity index (χ2v) is 6.12. The molecule has 1 aromatic carbocycles. The molecule has 0 aliphatic carbocycles. The molecule has 0 spiro atoms. The summed E-state index contributed by atoms with van der Waals surface area (Å²) in [4.78, 5) is 20.3. The van der Waals surface area contributed by atoms with Gasteiger partial charge in [0.1, 0.15) is 11.6 Å². The molecule has 2 aromatic heterocycles. The minimum absolute atomic E-state index is 0.202. The molecule has 0 unspecified atom stereocenters. The lowest BCUT2D eigenvalue weighted by Gasteiger charge is -2.18. The Balaban J connectivity index is 1.86. The van der Waals surface area contributed by atoms with E-state index in [4.69, 9.17) is 4.52 Å². The van der Waals surface area contributed by atoms with Gasteiger partial charge in [0.05, 0.1) is 17.1 Å². The fourth-order valence-electron chi connectivity index (χ4n) is 2.55. The molecule has 6 nitrogen and oxygen atoms in total. The number of rotatable bonds is 5. The predicted molar refractivity (Wildman–Crippen MR) is 87.0 cm³/mol. The number of imidazole rings is 1. The van der Waals surface area contributed by atoms with Gasteiger partial charge in [0, 0.05) is 6.07 Å². The molecule has 2 heterocycles. The molecule has 0 radical (unpaired) electrons. The first kappa shape index (κ1) is 15.3. The Bertz CT molecular complexity index is 786. The maximum atomic E-state index is 12.4. The van der Waals surface area contributed by atoms with E-state index in [0.29, 0.717) is 11.7 Å². The number of aromatic nitrogens is 3. The normalized spacial score (nSPS) is 12.7. The standard InChI is InChI=1S/C17H20N4O2/c1-10(2)8-14(20-17(22)15-9-11(3)23-21-15)16-18-12-6-4-5-7-13(12)19-16/h4-7,9-10,14H,8H2,1-3H3,(H,18,19)(H,20,22)/t14-/m0/s1. The average Bonchev–Trinajstić information content (AvgIpc) is 3.11. The van der Waals surface area contributed by atoms with Gasteiger partial charge in [-0.25, -0.2) is 4.98 Å². The Hall–Kier alpha value is -2.63. The highest BCUT2D eigenvalue weighted by Gasteiger charge is 2.22. The molecule has 0 saturated carbocycles. The van der Waals surface area contributed by atoms with E-state index in [-0.39, 0.29) is 17.6 Å². The largest absolute Gasteiger partial charge is 0.361 e. The molecule has 0 bridgehead atoms. The van der Waals surface area contributed by atoms with Gasteiger partial charge in [-0.15, -0.1) is 0 Å². The first-order valence-electron chi connectivity index (χ1n) is 7.71. The van der Waals surface area contributed by atoms with Crippen molar-refractivity contribution in [3.63, 3.8) is 0 Å². The van der Waals surface area contributed by atoms with E-state index < -0.39 is 0 Å². The van der Waals surface area contributed by atoms with Crippen LogP contribution in [-0.4, -0.2) is 21.0 Å². The summed E-state index contributed by atoms with van der Waals surface area (Å²) in [6, 6.07) is 9.25. The molecular formula is C17H20N4O2. The summed E-state index contributed by atoms with van der Waals surface area (Å²) >= 11 is 0. The van der Waals surface area contributed by atoms with Crippen molar-refractivity contribution in [2.45, 2.75) is 33.2 Å². The number of fused-ring (bicyclic) bond motifs is 1. The summed E-state index contributed by atoms with van der Waals surface area (Å²) in [5, 5.41) is 6.77. The number of benzene rings is 1. The van der Waals surface area contributed by atoms with Gasteiger partial charge in [0.25, 0.3) is 5.91 Å². The van der Waals surface area contributed by atoms with Crippen molar-refractivity contribution in [2.24, 2.45) is 5.92 Å². The lowest BCUT2D eigenvalue weighted by molar-refractivity contribution is 0.0921. The minimum atomic E-state index is -0.257. The third-order valence-electron chi connectivity index (χ3n) is 3.61. The van der Waals surface area contributed by atoms with Crippen LogP contribution < -0.4 is 5.32 Å². The van der Waals surface area contributed by atoms with Crippen LogP contribution in [0.2, 0.25) is 0 Å². The fourth-order valence-corrected chi connectivity index (χ4v) is 2.55. The summed E-state index contributed by atoms with van der Waals surface area (Å²) in [5.74, 6) is 1.52. The van der Waals surface area contributed by atoms with Gasteiger partial charge >= 0.3 is 0 Å². The number of para-hydroxylation sites is 2. The maximum absolute atomic E-state index is 12.4. The Morgan fingerprint density at radius 3 is 2.78 bits per heavy atom. The van der Waals surface area contributed by atoms with Crippen molar-refractivity contribution >= 4 is 16.9 Å². The number of hydrogen-bond donors (Lipinski definition) is 2. The van der Waals surface area contributed by atoms with E-state index in [1.54, 1.807) is 13.0 Å². The number of aromatic amines is 1. The lowest BCUT2D eigenvalue weighted by atomic mass is 10.0. The van der Waals surface area contributed by atoms with Gasteiger partial charge in [-0.3, -0.25) is 4.79 Å². The number of amides is 1. The van der Waals surface area contributed by atoms with Gasteiger partial charge in [-0.05, 0) is 31.4 Å². The van der Waals surface area contributed by atoms with Crippen LogP contribution in [0.4, 0.5) is 0 Å². The molecule has 1 amide bonds. The highest BCUT2D eigenvalue weighted by Crippen LogP contribution is 2.22. The summed E-state index contributed by atoms with van der Waals surface area (Å²) in [6.07, 6.45) is 0.780. The molecule has 0 saturated heterocycles. The predicted octanol–water partition coefficient (Wildman–Crippen LogP) is 3.38. The van der Waals surface area contributed by atoms with Crippen LogP contribution in [0.3, 0.4) is 0 Å². The SMILES string of the molecule is Cc1cc(C(=O)N[C@@H](CC(C)C)c2nc3ccccc3[nH]2)no1. The molecule has 0 aliphatic rings. The zero-order chi connectivity index (χ0) is 16.4. The summed E-state index contributed by atoms with van der Waals surface area (Å²) in [5.41, 5.74) is 2.14. The van der Waals surface area contributed by atoms with Gasteiger partial charge < -0.3 is 14.8 Å². The molecular weight excluding hydrogens is 292 g/mol. The van der Waals surface area contributed by atoms with Gasteiger partial charge in [-0.1, -0.05) is 31.1 Å². The Morgan fingerprint density at radius 2 is 2.13 bits per heavy atom. The molecule has 120 valence electrons. The summed E-state index contributed by atoms with van der Waals surface area (Å²) in [7, 11) is 0. The molecule has 0 aliphatic heterocycles. The fraction of sp³-hybridized carbons (Fsp3) is 0.353. The van der Waals surface area contributed by atoms with Gasteiger partial charge in [0.2, 0.25) is 0 Å². The quantitative estimate of drug-likeness (QED) is 0.756. The van der Waals surface area contributed by atoms with E-state index >= 15 is 0 Å². The van der Waals surface area contributed by atoms with E-state index in [9.17, 15) is 4.79 Å². The number of H-pyrrole nitrogens is 1. The summed E-state index contributed by atoms with van der Waals surface area (Å²) in [6.45, 7) is 5.98. The second kappa shape index (κ2) is 6.24. The maximum Gasteiger partial charge on any atom is 0.274 e. The number of carbonyl (C=O) groups is 1. The minimum Gasteiger partial charge on any atom is -0.361 e. The number of aryl methyl sites for hydroxylation is 1. The number of nitrogens with zero attached hydrogens (tertiary/aromatic N) is 2. The van der Waals surface area contributed by atoms with Crippen LogP contribution >= 0.6 is 0 Å². The zero-order valence-electron chi connectivity index (χ0n) is 13.5. The van der Waals surface area contributed by atoms with Crippen molar-refractivity contribution in [2.75, 3.05) is 0 Å². The monoisotopic (exact) mass is 312 g/mol. The molecule has 6 heteroatoms. The average molecular weight is 312 g/mol. The number of nitrogens with one attached hydrogen (secondary N) is 2. The Labute approximate surface area is 134 Å². The van der Waals surface area contributed by atoms with Crippen molar-refractivity contribution in [3.8, 4) is 0 Å². The van der Waals surface area contributed by atoms with Crippen molar-refractivity contribution < 1.29 is 9.32 Å². The van der Waals surface area contributed by atoms with Gasteiger partial charge in [-0.2, -0.15) is 0 Å². The van der Waals surface area contributed by atoms with E-state index in [0.717, 1.165) is 23.3 Å². The molecule has 0 fully saturated rings. The molecule has 3 rings (SSSR count). The van der Waals surface area contributed by atoms with Crippen LogP contribution in [0.25, 0.3) is 11.0 Å². The van der Waals surface area contributed by atoms with Crippen molar-refractivity contribution in [1.82, 2.24) is 20.4 Å². The zero-order valence-corrected chi connectivity index (χ0v) is 13.5. The molecule has 3 aromatic rings. The second-order valence-electron chi connectivity index (χ2n) is 6.12. The first-order valence-corrected chi connectivity index (χ1v) is 7.71. The van der Waals surface area contributed by atoms with Crippen LogP contribution in [-0.2, 0) is 0 Å². The Morgan fingerprint density at radius 1 is 1.35 bits per heavy atom.